The van der Waals surface area contributed by atoms with Crippen molar-refractivity contribution in [3.05, 3.63) is 39.8 Å². The van der Waals surface area contributed by atoms with Crippen LogP contribution in [0.2, 0.25) is 5.02 Å². The Hall–Kier alpha value is -2.24. The third-order valence-corrected chi connectivity index (χ3v) is 7.26. The number of halogens is 2. The van der Waals surface area contributed by atoms with E-state index in [1.54, 1.807) is 18.2 Å². The lowest BCUT2D eigenvalue weighted by atomic mass is 10.1. The molecule has 2 aromatic rings. The molecule has 1 aliphatic rings. The monoisotopic (exact) mass is 532 g/mol. The number of benzene rings is 1. The van der Waals surface area contributed by atoms with Gasteiger partial charge in [0, 0.05) is 17.6 Å². The summed E-state index contributed by atoms with van der Waals surface area (Å²) in [5, 5.41) is 9.47. The van der Waals surface area contributed by atoms with E-state index in [9.17, 15) is 18.3 Å². The number of nitrogens with zero attached hydrogens (tertiary/aromatic N) is 3. The quantitative estimate of drug-likeness (QED) is 0.600. The van der Waals surface area contributed by atoms with E-state index in [4.69, 9.17) is 16.3 Å². The SMILES string of the molecule is COc1ccc(N2C[C@@H](C)N(C(=O)O)[C@@H](C)C2)nc1NS(=O)(=O)c1ccc(Br)cc1Cl. The maximum absolute atomic E-state index is 12.9. The van der Waals surface area contributed by atoms with Gasteiger partial charge in [-0.25, -0.2) is 18.2 Å². The molecule has 3 rings (SSSR count). The zero-order chi connectivity index (χ0) is 22.9. The fourth-order valence-corrected chi connectivity index (χ4v) is 5.66. The first-order valence-electron chi connectivity index (χ1n) is 9.32. The van der Waals surface area contributed by atoms with Crippen molar-refractivity contribution in [2.24, 2.45) is 0 Å². The van der Waals surface area contributed by atoms with Crippen molar-refractivity contribution >= 4 is 55.3 Å². The standard InChI is InChI=1S/C19H22BrClN4O5S/c1-11-9-24(10-12(2)25(11)19(26)27)17-7-5-15(30-3)18(22-17)23-31(28,29)16-6-4-13(20)8-14(16)21/h4-8,11-12H,9-10H2,1-3H3,(H,22,23)(H,26,27)/t11-,12+. The third kappa shape index (κ3) is 4.99. The van der Waals surface area contributed by atoms with Crippen LogP contribution in [0.5, 0.6) is 5.75 Å². The summed E-state index contributed by atoms with van der Waals surface area (Å²) in [7, 11) is -2.62. The van der Waals surface area contributed by atoms with Gasteiger partial charge in [-0.3, -0.25) is 9.62 Å². The van der Waals surface area contributed by atoms with Crippen LogP contribution in [0.15, 0.2) is 39.7 Å². The van der Waals surface area contributed by atoms with Crippen molar-refractivity contribution in [1.82, 2.24) is 9.88 Å². The number of hydrogen-bond donors (Lipinski definition) is 2. The Morgan fingerprint density at radius 3 is 2.45 bits per heavy atom. The average molecular weight is 534 g/mol. The molecule has 168 valence electrons. The van der Waals surface area contributed by atoms with E-state index in [1.165, 1.54) is 24.1 Å². The van der Waals surface area contributed by atoms with Crippen molar-refractivity contribution in [2.45, 2.75) is 30.8 Å². The van der Waals surface area contributed by atoms with Crippen LogP contribution in [0.25, 0.3) is 0 Å². The van der Waals surface area contributed by atoms with Gasteiger partial charge in [0.25, 0.3) is 10.0 Å². The second-order valence-corrected chi connectivity index (χ2v) is 10.2. The van der Waals surface area contributed by atoms with Gasteiger partial charge >= 0.3 is 6.09 Å². The molecule has 0 unspecified atom stereocenters. The second-order valence-electron chi connectivity index (χ2n) is 7.19. The number of anilines is 2. The summed E-state index contributed by atoms with van der Waals surface area (Å²) in [4.78, 5) is 19.2. The summed E-state index contributed by atoms with van der Waals surface area (Å²) in [6, 6.07) is 7.26. The Bertz CT molecular complexity index is 1090. The number of rotatable bonds is 5. The molecular weight excluding hydrogens is 512 g/mol. The summed E-state index contributed by atoms with van der Waals surface area (Å²) in [6.45, 7) is 4.47. The van der Waals surface area contributed by atoms with E-state index in [-0.39, 0.29) is 33.6 Å². The molecule has 0 spiro atoms. The largest absolute Gasteiger partial charge is 0.493 e. The Kier molecular flexibility index (Phi) is 6.87. The molecule has 1 aromatic heterocycles. The molecule has 12 heteroatoms. The number of methoxy groups -OCH3 is 1. The molecule has 1 aromatic carbocycles. The smallest absolute Gasteiger partial charge is 0.407 e. The van der Waals surface area contributed by atoms with Crippen molar-refractivity contribution in [3.63, 3.8) is 0 Å². The highest BCUT2D eigenvalue weighted by molar-refractivity contribution is 9.10. The summed E-state index contributed by atoms with van der Waals surface area (Å²) in [6.07, 6.45) is -0.970. The molecule has 1 amide bonds. The summed E-state index contributed by atoms with van der Waals surface area (Å²) < 4.78 is 34.2. The van der Waals surface area contributed by atoms with Gasteiger partial charge in [0.1, 0.15) is 10.7 Å². The minimum Gasteiger partial charge on any atom is -0.493 e. The Morgan fingerprint density at radius 1 is 1.26 bits per heavy atom. The first kappa shape index (κ1) is 23.4. The van der Waals surface area contributed by atoms with Crippen LogP contribution in [-0.4, -0.2) is 61.8 Å². The van der Waals surface area contributed by atoms with Gasteiger partial charge in [-0.05, 0) is 44.2 Å². The fraction of sp³-hybridized carbons (Fsp3) is 0.368. The minimum absolute atomic E-state index is 0.0138. The molecule has 1 aliphatic heterocycles. The van der Waals surface area contributed by atoms with Gasteiger partial charge < -0.3 is 14.7 Å². The average Bonchev–Trinajstić information content (AvgIpc) is 2.66. The minimum atomic E-state index is -4.03. The Morgan fingerprint density at radius 2 is 1.90 bits per heavy atom. The number of piperazine rings is 1. The van der Waals surface area contributed by atoms with Crippen LogP contribution >= 0.6 is 27.5 Å². The highest BCUT2D eigenvalue weighted by Gasteiger charge is 2.33. The molecule has 0 radical (unpaired) electrons. The summed E-state index contributed by atoms with van der Waals surface area (Å²) in [5.41, 5.74) is 0. The van der Waals surface area contributed by atoms with E-state index in [2.05, 4.69) is 25.6 Å². The molecule has 31 heavy (non-hydrogen) atoms. The lowest BCUT2D eigenvalue weighted by Gasteiger charge is -2.43. The summed E-state index contributed by atoms with van der Waals surface area (Å²) >= 11 is 9.37. The number of amides is 1. The Balaban J connectivity index is 1.92. The molecule has 1 fully saturated rings. The normalized spacial score (nSPS) is 19.3. The molecule has 1 saturated heterocycles. The van der Waals surface area contributed by atoms with Crippen LogP contribution in [-0.2, 0) is 10.0 Å². The maximum Gasteiger partial charge on any atom is 0.407 e. The predicted octanol–water partition coefficient (Wildman–Crippen LogP) is 3.88. The van der Waals surface area contributed by atoms with Gasteiger partial charge in [-0.1, -0.05) is 27.5 Å². The van der Waals surface area contributed by atoms with E-state index in [0.717, 1.165) is 0 Å². The van der Waals surface area contributed by atoms with Crippen molar-refractivity contribution < 1.29 is 23.1 Å². The molecule has 0 saturated carbocycles. The number of ether oxygens (including phenoxy) is 1. The van der Waals surface area contributed by atoms with E-state index < -0.39 is 16.1 Å². The maximum atomic E-state index is 12.9. The van der Waals surface area contributed by atoms with E-state index in [1.807, 2.05) is 18.7 Å². The van der Waals surface area contributed by atoms with Crippen molar-refractivity contribution in [3.8, 4) is 5.75 Å². The number of pyridine rings is 1. The summed E-state index contributed by atoms with van der Waals surface area (Å²) in [5.74, 6) is 0.759. The number of hydrogen-bond acceptors (Lipinski definition) is 6. The molecule has 2 atom stereocenters. The Labute approximate surface area is 194 Å². The van der Waals surface area contributed by atoms with Crippen LogP contribution in [0.4, 0.5) is 16.4 Å². The molecule has 9 nitrogen and oxygen atoms in total. The first-order valence-corrected chi connectivity index (χ1v) is 12.0. The molecule has 0 bridgehead atoms. The van der Waals surface area contributed by atoms with Gasteiger partial charge in [0.05, 0.1) is 24.2 Å². The molecule has 2 N–H and O–H groups in total. The van der Waals surface area contributed by atoms with Gasteiger partial charge in [-0.15, -0.1) is 0 Å². The number of carboxylic acid groups (broad SMARTS) is 1. The molecular formula is C19H22BrClN4O5S. The number of sulfonamides is 1. The fourth-order valence-electron chi connectivity index (χ4n) is 3.61. The van der Waals surface area contributed by atoms with Gasteiger partial charge in [0.15, 0.2) is 11.6 Å². The van der Waals surface area contributed by atoms with Crippen LogP contribution < -0.4 is 14.4 Å². The molecule has 0 aliphatic carbocycles. The van der Waals surface area contributed by atoms with E-state index in [0.29, 0.717) is 23.4 Å². The highest BCUT2D eigenvalue weighted by Crippen LogP contribution is 2.32. The highest BCUT2D eigenvalue weighted by atomic mass is 79.9. The zero-order valence-corrected chi connectivity index (χ0v) is 20.2. The van der Waals surface area contributed by atoms with Crippen LogP contribution in [0.3, 0.4) is 0 Å². The van der Waals surface area contributed by atoms with Gasteiger partial charge in [-0.2, -0.15) is 0 Å². The first-order chi connectivity index (χ1) is 14.5. The van der Waals surface area contributed by atoms with Crippen molar-refractivity contribution in [1.29, 1.82) is 0 Å². The van der Waals surface area contributed by atoms with Gasteiger partial charge in [0.2, 0.25) is 0 Å². The zero-order valence-electron chi connectivity index (χ0n) is 17.0. The lowest BCUT2D eigenvalue weighted by molar-refractivity contribution is 0.0981. The third-order valence-electron chi connectivity index (χ3n) is 4.94. The number of carbonyl (C=O) groups is 1. The predicted molar refractivity (Wildman–Crippen MR) is 122 cm³/mol. The van der Waals surface area contributed by atoms with Crippen LogP contribution in [0, 0.1) is 0 Å². The topological polar surface area (TPSA) is 112 Å². The number of nitrogens with one attached hydrogen (secondary N) is 1. The van der Waals surface area contributed by atoms with E-state index >= 15 is 0 Å². The number of aromatic nitrogens is 1. The lowest BCUT2D eigenvalue weighted by Crippen LogP contribution is -2.58. The second kappa shape index (κ2) is 9.09. The van der Waals surface area contributed by atoms with Crippen molar-refractivity contribution in [2.75, 3.05) is 29.8 Å². The van der Waals surface area contributed by atoms with Crippen LogP contribution in [0.1, 0.15) is 13.8 Å². The molecule has 2 heterocycles.